The molecule has 0 radical (unpaired) electrons. The van der Waals surface area contributed by atoms with Gasteiger partial charge in [0.05, 0.1) is 5.69 Å². The second kappa shape index (κ2) is 7.70. The number of hydrogen-bond acceptors (Lipinski definition) is 2. The minimum atomic E-state index is 0.624. The van der Waals surface area contributed by atoms with Crippen molar-refractivity contribution >= 4 is 21.9 Å². The highest BCUT2D eigenvalue weighted by Gasteiger charge is 2.15. The molecule has 0 N–H and O–H groups in total. The average Bonchev–Trinajstić information content (AvgIpc) is 3.12. The van der Waals surface area contributed by atoms with Crippen molar-refractivity contribution in [3.63, 3.8) is 0 Å². The summed E-state index contributed by atoms with van der Waals surface area (Å²) in [5.74, 6) is 0.624. The van der Waals surface area contributed by atoms with E-state index in [0.29, 0.717) is 5.92 Å². The third kappa shape index (κ3) is 3.53. The summed E-state index contributed by atoms with van der Waals surface area (Å²) < 4.78 is 6.39. The van der Waals surface area contributed by atoms with Crippen molar-refractivity contribution in [2.24, 2.45) is 5.92 Å². The van der Waals surface area contributed by atoms with E-state index in [4.69, 9.17) is 4.42 Å². The minimum Gasteiger partial charge on any atom is -0.455 e. The first kappa shape index (κ1) is 19.6. The zero-order valence-electron chi connectivity index (χ0n) is 18.6. The maximum Gasteiger partial charge on any atom is 0.143 e. The van der Waals surface area contributed by atoms with Crippen LogP contribution in [0.4, 0.5) is 0 Å². The Morgan fingerprint density at radius 2 is 1.61 bits per heavy atom. The highest BCUT2D eigenvalue weighted by atomic mass is 16.3. The fourth-order valence-corrected chi connectivity index (χ4v) is 4.62. The summed E-state index contributed by atoms with van der Waals surface area (Å²) in [7, 11) is 0. The molecule has 2 nitrogen and oxygen atoms in total. The summed E-state index contributed by atoms with van der Waals surface area (Å²) in [5.41, 5.74) is 10.3. The zero-order valence-corrected chi connectivity index (χ0v) is 18.6. The number of aromatic nitrogens is 1. The van der Waals surface area contributed by atoms with Gasteiger partial charge in [-0.25, -0.2) is 0 Å². The lowest BCUT2D eigenvalue weighted by Crippen LogP contribution is -1.95. The van der Waals surface area contributed by atoms with Crippen LogP contribution >= 0.6 is 0 Å². The quantitative estimate of drug-likeness (QED) is 0.302. The third-order valence-corrected chi connectivity index (χ3v) is 6.01. The van der Waals surface area contributed by atoms with Gasteiger partial charge in [0.1, 0.15) is 11.2 Å². The lowest BCUT2D eigenvalue weighted by atomic mass is 9.94. The van der Waals surface area contributed by atoms with Gasteiger partial charge in [-0.05, 0) is 78.8 Å². The van der Waals surface area contributed by atoms with Crippen LogP contribution in [-0.4, -0.2) is 4.98 Å². The van der Waals surface area contributed by atoms with Gasteiger partial charge in [-0.1, -0.05) is 50.2 Å². The van der Waals surface area contributed by atoms with Crippen LogP contribution in [0.5, 0.6) is 0 Å². The van der Waals surface area contributed by atoms with Crippen LogP contribution in [0.25, 0.3) is 44.3 Å². The van der Waals surface area contributed by atoms with E-state index in [-0.39, 0.29) is 0 Å². The van der Waals surface area contributed by atoms with E-state index in [1.807, 2.05) is 6.20 Å². The highest BCUT2D eigenvalue weighted by molar-refractivity contribution is 6.10. The van der Waals surface area contributed by atoms with Crippen LogP contribution in [0.1, 0.15) is 30.5 Å². The van der Waals surface area contributed by atoms with Gasteiger partial charge in [0.2, 0.25) is 0 Å². The number of fused-ring (bicyclic) bond motifs is 3. The molecule has 0 saturated heterocycles. The molecule has 5 aromatic rings. The molecule has 2 heterocycles. The van der Waals surface area contributed by atoms with Crippen LogP contribution < -0.4 is 0 Å². The van der Waals surface area contributed by atoms with Gasteiger partial charge in [0.25, 0.3) is 0 Å². The largest absolute Gasteiger partial charge is 0.455 e. The third-order valence-electron chi connectivity index (χ3n) is 6.01. The van der Waals surface area contributed by atoms with Gasteiger partial charge < -0.3 is 4.42 Å². The Hall–Kier alpha value is -3.39. The lowest BCUT2D eigenvalue weighted by Gasteiger charge is -2.10. The standard InChI is InChI=1S/C29H27NO/c1-18(2)15-21-13-14-30-26(16-21)22-11-12-27-25(17-22)23-9-6-10-24(29(23)31-27)28-19(3)7-5-8-20(28)4/h5-14,16-18H,15H2,1-4H3. The zero-order chi connectivity index (χ0) is 21.5. The van der Waals surface area contributed by atoms with Crippen LogP contribution in [-0.2, 0) is 6.42 Å². The Labute approximate surface area is 183 Å². The maximum absolute atomic E-state index is 6.39. The van der Waals surface area contributed by atoms with E-state index < -0.39 is 0 Å². The number of hydrogen-bond donors (Lipinski definition) is 0. The molecule has 0 bridgehead atoms. The highest BCUT2D eigenvalue weighted by Crippen LogP contribution is 2.39. The van der Waals surface area contributed by atoms with Crippen molar-refractivity contribution in [3.8, 4) is 22.4 Å². The van der Waals surface area contributed by atoms with Gasteiger partial charge >= 0.3 is 0 Å². The van der Waals surface area contributed by atoms with Gasteiger partial charge in [-0.15, -0.1) is 0 Å². The number of rotatable bonds is 4. The van der Waals surface area contributed by atoms with Crippen LogP contribution in [0.3, 0.4) is 0 Å². The van der Waals surface area contributed by atoms with Crippen molar-refractivity contribution in [1.29, 1.82) is 0 Å². The Balaban J connectivity index is 1.68. The maximum atomic E-state index is 6.39. The molecule has 0 unspecified atom stereocenters. The molecule has 31 heavy (non-hydrogen) atoms. The summed E-state index contributed by atoms with van der Waals surface area (Å²) >= 11 is 0. The molecule has 5 rings (SSSR count). The molecular formula is C29H27NO. The van der Waals surface area contributed by atoms with E-state index in [9.17, 15) is 0 Å². The average molecular weight is 406 g/mol. The molecule has 0 spiro atoms. The molecular weight excluding hydrogens is 378 g/mol. The second-order valence-electron chi connectivity index (χ2n) is 8.91. The van der Waals surface area contributed by atoms with Crippen LogP contribution in [0.15, 0.2) is 77.3 Å². The first-order chi connectivity index (χ1) is 15.0. The summed E-state index contributed by atoms with van der Waals surface area (Å²) in [6, 6.07) is 23.6. The van der Waals surface area contributed by atoms with Crippen molar-refractivity contribution < 1.29 is 4.42 Å². The molecule has 0 aliphatic carbocycles. The van der Waals surface area contributed by atoms with Crippen molar-refractivity contribution in [2.75, 3.05) is 0 Å². The van der Waals surface area contributed by atoms with Gasteiger partial charge in [-0.2, -0.15) is 0 Å². The molecule has 0 fully saturated rings. The summed E-state index contributed by atoms with van der Waals surface area (Å²) in [6.45, 7) is 8.82. The number of aryl methyl sites for hydroxylation is 2. The number of benzene rings is 3. The van der Waals surface area contributed by atoms with E-state index in [1.54, 1.807) is 0 Å². The van der Waals surface area contributed by atoms with Crippen molar-refractivity contribution in [1.82, 2.24) is 4.98 Å². The van der Waals surface area contributed by atoms with Crippen molar-refractivity contribution in [2.45, 2.75) is 34.1 Å². The van der Waals surface area contributed by atoms with E-state index in [2.05, 4.69) is 99.4 Å². The second-order valence-corrected chi connectivity index (χ2v) is 8.91. The molecule has 2 aromatic heterocycles. The van der Waals surface area contributed by atoms with E-state index in [1.165, 1.54) is 22.3 Å². The fourth-order valence-electron chi connectivity index (χ4n) is 4.62. The normalized spacial score (nSPS) is 11.6. The number of nitrogens with zero attached hydrogens (tertiary/aromatic N) is 1. The monoisotopic (exact) mass is 405 g/mol. The summed E-state index contributed by atoms with van der Waals surface area (Å²) in [5, 5.41) is 2.28. The predicted molar refractivity (Wildman–Crippen MR) is 130 cm³/mol. The molecule has 0 atom stereocenters. The molecule has 2 heteroatoms. The van der Waals surface area contributed by atoms with E-state index >= 15 is 0 Å². The smallest absolute Gasteiger partial charge is 0.143 e. The molecule has 0 aliphatic heterocycles. The first-order valence-corrected chi connectivity index (χ1v) is 11.0. The van der Waals surface area contributed by atoms with Crippen molar-refractivity contribution in [3.05, 3.63) is 89.6 Å². The molecule has 154 valence electrons. The van der Waals surface area contributed by atoms with E-state index in [0.717, 1.165) is 45.2 Å². The first-order valence-electron chi connectivity index (χ1n) is 11.0. The Kier molecular flexibility index (Phi) is 4.86. The summed E-state index contributed by atoms with van der Waals surface area (Å²) in [6.07, 6.45) is 2.98. The number of furan rings is 1. The lowest BCUT2D eigenvalue weighted by molar-refractivity contribution is 0.647. The van der Waals surface area contributed by atoms with Gasteiger partial charge in [-0.3, -0.25) is 4.98 Å². The topological polar surface area (TPSA) is 26.0 Å². The van der Waals surface area contributed by atoms with Gasteiger partial charge in [0.15, 0.2) is 0 Å². The Morgan fingerprint density at radius 1 is 0.839 bits per heavy atom. The fraction of sp³-hybridized carbons (Fsp3) is 0.207. The molecule has 3 aromatic carbocycles. The number of para-hydroxylation sites is 1. The number of pyridine rings is 1. The predicted octanol–water partition coefficient (Wildman–Crippen LogP) is 8.13. The molecule has 0 saturated carbocycles. The summed E-state index contributed by atoms with van der Waals surface area (Å²) in [4.78, 5) is 4.65. The van der Waals surface area contributed by atoms with Crippen LogP contribution in [0.2, 0.25) is 0 Å². The minimum absolute atomic E-state index is 0.624. The molecule has 0 amide bonds. The Bertz CT molecular complexity index is 1390. The van der Waals surface area contributed by atoms with Gasteiger partial charge in [0, 0.05) is 28.1 Å². The molecule has 0 aliphatic rings. The SMILES string of the molecule is Cc1cccc(C)c1-c1cccc2c1oc1ccc(-c3cc(CC(C)C)ccn3)cc12. The Morgan fingerprint density at radius 3 is 2.39 bits per heavy atom. The van der Waals surface area contributed by atoms with Crippen LogP contribution in [0, 0.1) is 19.8 Å².